The van der Waals surface area contributed by atoms with Crippen molar-refractivity contribution in [2.24, 2.45) is 0 Å². The maximum atomic E-state index is 12.5. The lowest BCUT2D eigenvalue weighted by Gasteiger charge is -2.10. The van der Waals surface area contributed by atoms with Gasteiger partial charge in [-0.1, -0.05) is 12.1 Å². The summed E-state index contributed by atoms with van der Waals surface area (Å²) in [7, 11) is -3.60. The van der Waals surface area contributed by atoms with Crippen LogP contribution in [0.4, 0.5) is 24.5 Å². The summed E-state index contributed by atoms with van der Waals surface area (Å²) in [6, 6.07) is 7.65. The van der Waals surface area contributed by atoms with Gasteiger partial charge in [-0.05, 0) is 29.8 Å². The van der Waals surface area contributed by atoms with Gasteiger partial charge in [-0.25, -0.2) is 8.42 Å². The molecule has 12 heteroatoms. The lowest BCUT2D eigenvalue weighted by molar-refractivity contribution is -0.384. The molecule has 162 valence electrons. The van der Waals surface area contributed by atoms with Crippen LogP contribution in [0.15, 0.2) is 47.4 Å². The number of nitro groups is 1. The Morgan fingerprint density at radius 1 is 1.10 bits per heavy atom. The van der Waals surface area contributed by atoms with Crippen LogP contribution in [-0.2, 0) is 27.2 Å². The smallest absolute Gasteiger partial charge is 0.378 e. The van der Waals surface area contributed by atoms with Crippen molar-refractivity contribution in [2.75, 3.05) is 24.7 Å². The van der Waals surface area contributed by atoms with Crippen LogP contribution in [0.5, 0.6) is 0 Å². The fourth-order valence-corrected chi connectivity index (χ4v) is 3.14. The van der Waals surface area contributed by atoms with Crippen molar-refractivity contribution in [1.82, 2.24) is 5.32 Å². The Morgan fingerprint density at radius 3 is 2.27 bits per heavy atom. The molecule has 0 aliphatic heterocycles. The fourth-order valence-electron chi connectivity index (χ4n) is 2.50. The van der Waals surface area contributed by atoms with Gasteiger partial charge in [-0.15, -0.1) is 0 Å². The molecule has 0 atom stereocenters. The highest BCUT2D eigenvalue weighted by atomic mass is 32.2. The van der Waals surface area contributed by atoms with Crippen LogP contribution in [0.3, 0.4) is 0 Å². The molecule has 0 unspecified atom stereocenters. The maximum Gasteiger partial charge on any atom is 0.416 e. The van der Waals surface area contributed by atoms with Crippen molar-refractivity contribution in [1.29, 1.82) is 0 Å². The molecule has 0 aliphatic rings. The molecule has 0 saturated heterocycles. The molecule has 0 bridgehead atoms. The number of halogens is 3. The van der Waals surface area contributed by atoms with Gasteiger partial charge >= 0.3 is 6.18 Å². The third-order valence-electron chi connectivity index (χ3n) is 4.00. The number of hydrogen-bond acceptors (Lipinski definition) is 6. The third kappa shape index (κ3) is 6.44. The number of nitrogens with zero attached hydrogens (tertiary/aromatic N) is 1. The Kier molecular flexibility index (Phi) is 7.03. The van der Waals surface area contributed by atoms with Crippen molar-refractivity contribution in [3.8, 4) is 0 Å². The van der Waals surface area contributed by atoms with Crippen LogP contribution in [-0.4, -0.2) is 38.6 Å². The number of alkyl halides is 3. The number of rotatable bonds is 8. The molecule has 0 heterocycles. The molecular formula is C18H18F3N3O5S. The van der Waals surface area contributed by atoms with Crippen molar-refractivity contribution < 1.29 is 31.3 Å². The molecule has 30 heavy (non-hydrogen) atoms. The van der Waals surface area contributed by atoms with Crippen molar-refractivity contribution in [3.05, 3.63) is 63.7 Å². The molecule has 0 aliphatic carbocycles. The number of anilines is 1. The summed E-state index contributed by atoms with van der Waals surface area (Å²) in [5.41, 5.74) is -0.738. The quantitative estimate of drug-likeness (QED) is 0.367. The lowest BCUT2D eigenvalue weighted by Crippen LogP contribution is -2.30. The molecule has 2 rings (SSSR count). The predicted molar refractivity (Wildman–Crippen MR) is 103 cm³/mol. The van der Waals surface area contributed by atoms with Gasteiger partial charge in [0.25, 0.3) is 5.69 Å². The van der Waals surface area contributed by atoms with Gasteiger partial charge in [-0.2, -0.15) is 13.2 Å². The Hall–Kier alpha value is -3.15. The predicted octanol–water partition coefficient (Wildman–Crippen LogP) is 2.79. The number of hydrogen-bond donors (Lipinski definition) is 2. The summed E-state index contributed by atoms with van der Waals surface area (Å²) in [6.45, 7) is 0.197. The van der Waals surface area contributed by atoms with E-state index in [2.05, 4.69) is 10.6 Å². The van der Waals surface area contributed by atoms with Crippen LogP contribution < -0.4 is 10.6 Å². The van der Waals surface area contributed by atoms with E-state index in [4.69, 9.17) is 0 Å². The van der Waals surface area contributed by atoms with E-state index >= 15 is 0 Å². The van der Waals surface area contributed by atoms with Crippen LogP contribution in [0, 0.1) is 10.1 Å². The molecule has 0 radical (unpaired) electrons. The van der Waals surface area contributed by atoms with Gasteiger partial charge in [0.15, 0.2) is 9.84 Å². The maximum absolute atomic E-state index is 12.5. The Balaban J connectivity index is 1.89. The molecule has 0 spiro atoms. The number of nitro benzene ring substituents is 1. The van der Waals surface area contributed by atoms with E-state index in [9.17, 15) is 36.5 Å². The standard InChI is InChI=1S/C18H18F3N3O5S/c1-30(28,29)14-6-7-15(16(11-14)24(26)27)22-8-9-23-17(25)10-12-2-4-13(5-3-12)18(19,20)21/h2-7,11,22H,8-10H2,1H3,(H,23,25). The van der Waals surface area contributed by atoms with E-state index in [1.165, 1.54) is 24.3 Å². The number of nitrogens with one attached hydrogen (secondary N) is 2. The van der Waals surface area contributed by atoms with E-state index in [0.717, 1.165) is 24.5 Å². The van der Waals surface area contributed by atoms with Crippen LogP contribution in [0.2, 0.25) is 0 Å². The SMILES string of the molecule is CS(=O)(=O)c1ccc(NCCNC(=O)Cc2ccc(C(F)(F)F)cc2)c([N+](=O)[O-])c1. The van der Waals surface area contributed by atoms with E-state index in [1.54, 1.807) is 0 Å². The minimum absolute atomic E-state index is 0.0874. The highest BCUT2D eigenvalue weighted by Crippen LogP contribution is 2.29. The van der Waals surface area contributed by atoms with Gasteiger partial charge in [-0.3, -0.25) is 14.9 Å². The van der Waals surface area contributed by atoms with Gasteiger partial charge in [0.2, 0.25) is 5.91 Å². The van der Waals surface area contributed by atoms with E-state index in [0.29, 0.717) is 5.56 Å². The highest BCUT2D eigenvalue weighted by molar-refractivity contribution is 7.90. The van der Waals surface area contributed by atoms with E-state index in [1.807, 2.05) is 0 Å². The third-order valence-corrected chi connectivity index (χ3v) is 5.11. The molecule has 0 fully saturated rings. The Bertz CT molecular complexity index is 1040. The largest absolute Gasteiger partial charge is 0.416 e. The number of sulfone groups is 1. The van der Waals surface area contributed by atoms with Gasteiger partial charge in [0, 0.05) is 25.4 Å². The van der Waals surface area contributed by atoms with Gasteiger partial charge < -0.3 is 10.6 Å². The van der Waals surface area contributed by atoms with E-state index < -0.39 is 38.1 Å². The summed E-state index contributed by atoms with van der Waals surface area (Å²) < 4.78 is 60.6. The topological polar surface area (TPSA) is 118 Å². The highest BCUT2D eigenvalue weighted by Gasteiger charge is 2.30. The molecule has 0 saturated carbocycles. The second kappa shape index (κ2) is 9.11. The molecule has 2 aromatic carbocycles. The first-order chi connectivity index (χ1) is 13.9. The number of carbonyl (C=O) groups excluding carboxylic acids is 1. The second-order valence-corrected chi connectivity index (χ2v) is 8.37. The number of carbonyl (C=O) groups is 1. The minimum Gasteiger partial charge on any atom is -0.378 e. The first-order valence-electron chi connectivity index (χ1n) is 8.53. The Labute approximate surface area is 170 Å². The van der Waals surface area contributed by atoms with Crippen LogP contribution in [0.1, 0.15) is 11.1 Å². The summed E-state index contributed by atoms with van der Waals surface area (Å²) >= 11 is 0. The first-order valence-corrected chi connectivity index (χ1v) is 10.4. The van der Waals surface area contributed by atoms with Crippen molar-refractivity contribution in [2.45, 2.75) is 17.5 Å². The zero-order valence-electron chi connectivity index (χ0n) is 15.7. The second-order valence-electron chi connectivity index (χ2n) is 6.36. The Morgan fingerprint density at radius 2 is 1.73 bits per heavy atom. The average molecular weight is 445 g/mol. The number of benzene rings is 2. The molecule has 8 nitrogen and oxygen atoms in total. The zero-order valence-corrected chi connectivity index (χ0v) is 16.5. The van der Waals surface area contributed by atoms with Gasteiger partial charge in [0.1, 0.15) is 5.69 Å². The van der Waals surface area contributed by atoms with Gasteiger partial charge in [0.05, 0.1) is 21.8 Å². The molecule has 2 N–H and O–H groups in total. The summed E-state index contributed by atoms with van der Waals surface area (Å²) in [4.78, 5) is 22.1. The summed E-state index contributed by atoms with van der Waals surface area (Å²) in [6.07, 6.45) is -3.64. The van der Waals surface area contributed by atoms with E-state index in [-0.39, 0.29) is 30.1 Å². The number of amides is 1. The van der Waals surface area contributed by atoms with Crippen LogP contribution in [0.25, 0.3) is 0 Å². The first kappa shape index (κ1) is 23.1. The lowest BCUT2D eigenvalue weighted by atomic mass is 10.1. The fraction of sp³-hybridized carbons (Fsp3) is 0.278. The molecule has 0 aromatic heterocycles. The monoisotopic (exact) mass is 445 g/mol. The average Bonchev–Trinajstić information content (AvgIpc) is 2.64. The summed E-state index contributed by atoms with van der Waals surface area (Å²) in [5.74, 6) is -0.432. The summed E-state index contributed by atoms with van der Waals surface area (Å²) in [5, 5.41) is 16.4. The molecular weight excluding hydrogens is 427 g/mol. The normalized spacial score (nSPS) is 11.7. The molecule has 1 amide bonds. The van der Waals surface area contributed by atoms with Crippen LogP contribution >= 0.6 is 0 Å². The minimum atomic E-state index is -4.45. The zero-order chi connectivity index (χ0) is 22.5. The molecule has 2 aromatic rings. The van der Waals surface area contributed by atoms with Crippen molar-refractivity contribution >= 4 is 27.1 Å². The van der Waals surface area contributed by atoms with Crippen molar-refractivity contribution in [3.63, 3.8) is 0 Å².